The summed E-state index contributed by atoms with van der Waals surface area (Å²) < 4.78 is 5.28. The van der Waals surface area contributed by atoms with E-state index in [4.69, 9.17) is 9.84 Å². The highest BCUT2D eigenvalue weighted by Gasteiger charge is 2.06. The van der Waals surface area contributed by atoms with Crippen molar-refractivity contribution in [2.75, 3.05) is 6.61 Å². The van der Waals surface area contributed by atoms with Gasteiger partial charge in [0.15, 0.2) is 0 Å². The number of carbonyl (C=O) groups is 1. The number of thiophene rings is 1. The first-order chi connectivity index (χ1) is 6.74. The fourth-order valence-corrected chi connectivity index (χ4v) is 1.52. The van der Waals surface area contributed by atoms with Gasteiger partial charge in [-0.3, -0.25) is 0 Å². The number of ether oxygens (including phenoxy) is 1. The van der Waals surface area contributed by atoms with Crippen LogP contribution >= 0.6 is 11.3 Å². The van der Waals surface area contributed by atoms with Crippen LogP contribution in [0.25, 0.3) is 0 Å². The number of carboxylic acid groups (broad SMARTS) is 1. The van der Waals surface area contributed by atoms with E-state index in [9.17, 15) is 4.79 Å². The summed E-state index contributed by atoms with van der Waals surface area (Å²) in [6, 6.07) is 1.52. The summed E-state index contributed by atoms with van der Waals surface area (Å²) in [4.78, 5) is 10.8. The van der Waals surface area contributed by atoms with Gasteiger partial charge >= 0.3 is 5.97 Å². The largest absolute Gasteiger partial charge is 0.492 e. The van der Waals surface area contributed by atoms with Crippen LogP contribution in [0.1, 0.15) is 23.0 Å². The summed E-state index contributed by atoms with van der Waals surface area (Å²) >= 11 is 1.16. The summed E-state index contributed by atoms with van der Waals surface area (Å²) in [5.41, 5.74) is 0. The van der Waals surface area contributed by atoms with E-state index in [1.807, 2.05) is 0 Å². The van der Waals surface area contributed by atoms with Crippen molar-refractivity contribution in [1.29, 1.82) is 0 Å². The minimum absolute atomic E-state index is 0.293. The van der Waals surface area contributed by atoms with Crippen LogP contribution in [0.15, 0.2) is 11.4 Å². The molecular weight excluding hydrogens is 200 g/mol. The van der Waals surface area contributed by atoms with Crippen molar-refractivity contribution in [3.63, 3.8) is 0 Å². The monoisotopic (exact) mass is 210 g/mol. The fraction of sp³-hybridized carbons (Fsp3) is 0.300. The van der Waals surface area contributed by atoms with Crippen molar-refractivity contribution in [3.05, 3.63) is 16.3 Å². The first kappa shape index (κ1) is 10.6. The number of rotatable bonds is 4. The van der Waals surface area contributed by atoms with Crippen LogP contribution in [0.5, 0.6) is 5.75 Å². The van der Waals surface area contributed by atoms with Crippen LogP contribution in [0.4, 0.5) is 0 Å². The highest BCUT2D eigenvalue weighted by molar-refractivity contribution is 7.12. The van der Waals surface area contributed by atoms with Crippen molar-refractivity contribution in [1.82, 2.24) is 0 Å². The van der Waals surface area contributed by atoms with Gasteiger partial charge in [0.25, 0.3) is 0 Å². The molecule has 1 heterocycles. The second-order valence-corrected chi connectivity index (χ2v) is 3.39. The lowest BCUT2D eigenvalue weighted by Gasteiger charge is -1.98. The maximum absolute atomic E-state index is 10.5. The number of hydrogen-bond acceptors (Lipinski definition) is 3. The maximum atomic E-state index is 10.5. The molecule has 0 aliphatic heterocycles. The lowest BCUT2D eigenvalue weighted by Crippen LogP contribution is -1.95. The summed E-state index contributed by atoms with van der Waals surface area (Å²) in [6.07, 6.45) is 0.661. The molecule has 0 saturated carbocycles. The number of carboxylic acids is 1. The molecule has 0 atom stereocenters. The molecule has 0 radical (unpaired) electrons. The number of aromatic carboxylic acids is 1. The van der Waals surface area contributed by atoms with Crippen molar-refractivity contribution in [2.24, 2.45) is 0 Å². The van der Waals surface area contributed by atoms with Crippen LogP contribution in [-0.4, -0.2) is 17.7 Å². The Labute approximate surface area is 86.3 Å². The van der Waals surface area contributed by atoms with E-state index in [0.29, 0.717) is 23.7 Å². The normalized spacial score (nSPS) is 8.93. The van der Waals surface area contributed by atoms with E-state index in [0.717, 1.165) is 11.3 Å². The predicted molar refractivity (Wildman–Crippen MR) is 54.8 cm³/mol. The molecular formula is C10H10O3S. The van der Waals surface area contributed by atoms with E-state index in [1.54, 1.807) is 12.3 Å². The molecule has 1 rings (SSSR count). The topological polar surface area (TPSA) is 46.5 Å². The maximum Gasteiger partial charge on any atom is 0.346 e. The van der Waals surface area contributed by atoms with Crippen LogP contribution < -0.4 is 4.74 Å². The molecule has 1 aromatic heterocycles. The van der Waals surface area contributed by atoms with E-state index < -0.39 is 5.97 Å². The van der Waals surface area contributed by atoms with Crippen LogP contribution in [0.3, 0.4) is 0 Å². The van der Waals surface area contributed by atoms with Crippen molar-refractivity contribution >= 4 is 17.3 Å². The lowest BCUT2D eigenvalue weighted by molar-refractivity contribution is 0.0702. The van der Waals surface area contributed by atoms with Gasteiger partial charge in [0.1, 0.15) is 10.6 Å². The molecule has 0 amide bonds. The van der Waals surface area contributed by atoms with Gasteiger partial charge in [-0.15, -0.1) is 23.2 Å². The van der Waals surface area contributed by atoms with Gasteiger partial charge in [-0.05, 0) is 6.92 Å². The molecule has 0 aromatic carbocycles. The second kappa shape index (κ2) is 5.30. The molecule has 74 valence electrons. The molecule has 0 aliphatic rings. The zero-order chi connectivity index (χ0) is 10.4. The van der Waals surface area contributed by atoms with Gasteiger partial charge in [0.05, 0.1) is 6.61 Å². The zero-order valence-corrected chi connectivity index (χ0v) is 8.56. The SMILES string of the molecule is CC#CCCOc1csc(C(=O)O)c1. The second-order valence-electron chi connectivity index (χ2n) is 2.48. The summed E-state index contributed by atoms with van der Waals surface area (Å²) in [5.74, 6) is 5.30. The molecule has 0 saturated heterocycles. The molecule has 0 spiro atoms. The molecule has 0 unspecified atom stereocenters. The lowest BCUT2D eigenvalue weighted by atomic mass is 10.4. The van der Waals surface area contributed by atoms with Crippen LogP contribution in [0, 0.1) is 11.8 Å². The Hall–Kier alpha value is -1.47. The predicted octanol–water partition coefficient (Wildman–Crippen LogP) is 2.24. The average molecular weight is 210 g/mol. The molecule has 4 heteroatoms. The van der Waals surface area contributed by atoms with Crippen LogP contribution in [0.2, 0.25) is 0 Å². The summed E-state index contributed by atoms with van der Waals surface area (Å²) in [6.45, 7) is 2.27. The Morgan fingerprint density at radius 3 is 3.07 bits per heavy atom. The van der Waals surface area contributed by atoms with Gasteiger partial charge in [-0.25, -0.2) is 4.79 Å². The minimum Gasteiger partial charge on any atom is -0.492 e. The Bertz CT molecular complexity index is 370. The molecule has 0 fully saturated rings. The molecule has 0 bridgehead atoms. The molecule has 1 N–H and O–H groups in total. The Morgan fingerprint density at radius 2 is 2.50 bits per heavy atom. The van der Waals surface area contributed by atoms with E-state index in [-0.39, 0.29) is 0 Å². The van der Waals surface area contributed by atoms with Gasteiger partial charge in [0.2, 0.25) is 0 Å². The first-order valence-corrected chi connectivity index (χ1v) is 4.96. The van der Waals surface area contributed by atoms with Crippen molar-refractivity contribution < 1.29 is 14.6 Å². The highest BCUT2D eigenvalue weighted by Crippen LogP contribution is 2.21. The Balaban J connectivity index is 2.42. The third-order valence-electron chi connectivity index (χ3n) is 1.46. The molecule has 3 nitrogen and oxygen atoms in total. The van der Waals surface area contributed by atoms with Gasteiger partial charge in [-0.2, -0.15) is 0 Å². The Morgan fingerprint density at radius 1 is 1.71 bits per heavy atom. The smallest absolute Gasteiger partial charge is 0.346 e. The Kier molecular flexibility index (Phi) is 4.02. The fourth-order valence-electron chi connectivity index (χ4n) is 0.852. The highest BCUT2D eigenvalue weighted by atomic mass is 32.1. The summed E-state index contributed by atoms with van der Waals surface area (Å²) in [7, 11) is 0. The van der Waals surface area contributed by atoms with Gasteiger partial charge < -0.3 is 9.84 Å². The minimum atomic E-state index is -0.918. The van der Waals surface area contributed by atoms with E-state index in [2.05, 4.69) is 11.8 Å². The summed E-state index contributed by atoms with van der Waals surface area (Å²) in [5, 5.41) is 10.3. The van der Waals surface area contributed by atoms with Crippen molar-refractivity contribution in [2.45, 2.75) is 13.3 Å². The molecule has 1 aromatic rings. The van der Waals surface area contributed by atoms with E-state index in [1.165, 1.54) is 6.07 Å². The quantitative estimate of drug-likeness (QED) is 0.612. The third kappa shape index (κ3) is 3.11. The van der Waals surface area contributed by atoms with Gasteiger partial charge in [0, 0.05) is 17.9 Å². The van der Waals surface area contributed by atoms with Crippen LogP contribution in [-0.2, 0) is 0 Å². The van der Waals surface area contributed by atoms with Crippen molar-refractivity contribution in [3.8, 4) is 17.6 Å². The average Bonchev–Trinajstić information content (AvgIpc) is 2.61. The van der Waals surface area contributed by atoms with Gasteiger partial charge in [-0.1, -0.05) is 0 Å². The standard InChI is InChI=1S/C10H10O3S/c1-2-3-4-5-13-8-6-9(10(11)12)14-7-8/h6-7H,4-5H2,1H3,(H,11,12). The molecule has 0 aliphatic carbocycles. The first-order valence-electron chi connectivity index (χ1n) is 4.08. The third-order valence-corrected chi connectivity index (χ3v) is 2.36. The number of hydrogen-bond donors (Lipinski definition) is 1. The van der Waals surface area contributed by atoms with E-state index >= 15 is 0 Å². The molecule has 14 heavy (non-hydrogen) atoms. The zero-order valence-electron chi connectivity index (χ0n) is 7.74.